The van der Waals surface area contributed by atoms with Gasteiger partial charge in [0.2, 0.25) is 5.91 Å². The Morgan fingerprint density at radius 1 is 1.30 bits per heavy atom. The third-order valence-electron chi connectivity index (χ3n) is 4.13. The first-order valence-electron chi connectivity index (χ1n) is 7.87. The van der Waals surface area contributed by atoms with Crippen LogP contribution in [0.3, 0.4) is 0 Å². The zero-order chi connectivity index (χ0) is 16.2. The number of hydrogen-bond acceptors (Lipinski definition) is 4. The number of carbonyl (C=O) groups excluding carboxylic acids is 1. The van der Waals surface area contributed by atoms with Gasteiger partial charge in [0.1, 0.15) is 0 Å². The van der Waals surface area contributed by atoms with Crippen LogP contribution < -0.4 is 21.9 Å². The molecule has 0 saturated carbocycles. The van der Waals surface area contributed by atoms with Crippen molar-refractivity contribution < 1.29 is 4.79 Å². The molecule has 122 valence electrons. The van der Waals surface area contributed by atoms with E-state index < -0.39 is 11.2 Å². The van der Waals surface area contributed by atoms with E-state index in [9.17, 15) is 14.4 Å². The minimum atomic E-state index is -0.485. The number of nitrogens with zero attached hydrogens (tertiary/aromatic N) is 1. The highest BCUT2D eigenvalue weighted by Crippen LogP contribution is 2.07. The van der Waals surface area contributed by atoms with Crippen LogP contribution in [0.1, 0.15) is 19.3 Å². The Bertz CT molecular complexity index is 818. The lowest BCUT2D eigenvalue weighted by atomic mass is 10.1. The largest absolute Gasteiger partial charge is 0.352 e. The maximum absolute atomic E-state index is 12.1. The van der Waals surface area contributed by atoms with Gasteiger partial charge in [-0.3, -0.25) is 19.1 Å². The normalized spacial score (nSPS) is 18.0. The van der Waals surface area contributed by atoms with Crippen molar-refractivity contribution in [1.29, 1.82) is 0 Å². The summed E-state index contributed by atoms with van der Waals surface area (Å²) in [6.45, 7) is 2.01. The van der Waals surface area contributed by atoms with Gasteiger partial charge in [0.05, 0.1) is 10.9 Å². The van der Waals surface area contributed by atoms with Gasteiger partial charge in [-0.25, -0.2) is 4.79 Å². The van der Waals surface area contributed by atoms with Crippen molar-refractivity contribution in [1.82, 2.24) is 20.2 Å². The number of para-hydroxylation sites is 1. The fraction of sp³-hybridized carbons (Fsp3) is 0.438. The van der Waals surface area contributed by atoms with Crippen LogP contribution in [-0.4, -0.2) is 34.6 Å². The van der Waals surface area contributed by atoms with Gasteiger partial charge in [0, 0.05) is 25.6 Å². The first kappa shape index (κ1) is 15.5. The number of carbonyl (C=O) groups is 1. The van der Waals surface area contributed by atoms with Crippen molar-refractivity contribution >= 4 is 16.8 Å². The highest BCUT2D eigenvalue weighted by molar-refractivity contribution is 5.79. The SMILES string of the molecule is O=C(CCn1c(=O)[nH]c(=O)c2ccccc21)N[C@H]1CCCNC1. The van der Waals surface area contributed by atoms with Crippen molar-refractivity contribution in [3.63, 3.8) is 0 Å². The Morgan fingerprint density at radius 2 is 2.13 bits per heavy atom. The Kier molecular flexibility index (Phi) is 4.57. The van der Waals surface area contributed by atoms with Gasteiger partial charge in [-0.1, -0.05) is 12.1 Å². The highest BCUT2D eigenvalue weighted by atomic mass is 16.2. The first-order chi connectivity index (χ1) is 11.1. The van der Waals surface area contributed by atoms with Crippen molar-refractivity contribution in [2.45, 2.75) is 31.8 Å². The maximum atomic E-state index is 12.1. The smallest absolute Gasteiger partial charge is 0.328 e. The molecule has 2 aromatic rings. The number of piperidine rings is 1. The molecule has 0 aliphatic carbocycles. The van der Waals surface area contributed by atoms with Crippen molar-refractivity contribution in [2.75, 3.05) is 13.1 Å². The molecule has 1 aromatic heterocycles. The van der Waals surface area contributed by atoms with Gasteiger partial charge < -0.3 is 10.6 Å². The van der Waals surface area contributed by atoms with Crippen molar-refractivity contribution in [2.24, 2.45) is 0 Å². The molecule has 1 saturated heterocycles. The van der Waals surface area contributed by atoms with E-state index in [4.69, 9.17) is 0 Å². The summed E-state index contributed by atoms with van der Waals surface area (Å²) in [6.07, 6.45) is 2.22. The Hall–Kier alpha value is -2.41. The predicted molar refractivity (Wildman–Crippen MR) is 87.5 cm³/mol. The average Bonchev–Trinajstić information content (AvgIpc) is 2.55. The summed E-state index contributed by atoms with van der Waals surface area (Å²) in [7, 11) is 0. The second kappa shape index (κ2) is 6.78. The summed E-state index contributed by atoms with van der Waals surface area (Å²) in [6, 6.07) is 7.05. The number of nitrogens with one attached hydrogen (secondary N) is 3. The number of H-pyrrole nitrogens is 1. The van der Waals surface area contributed by atoms with Gasteiger partial charge in [0.25, 0.3) is 5.56 Å². The molecule has 0 unspecified atom stereocenters. The van der Waals surface area contributed by atoms with Gasteiger partial charge >= 0.3 is 5.69 Å². The quantitative estimate of drug-likeness (QED) is 0.737. The molecule has 0 spiro atoms. The van der Waals surface area contributed by atoms with Crippen LogP contribution >= 0.6 is 0 Å². The molecule has 1 atom stereocenters. The van der Waals surface area contributed by atoms with Crippen LogP contribution in [0.5, 0.6) is 0 Å². The van der Waals surface area contributed by atoms with E-state index in [0.29, 0.717) is 10.9 Å². The average molecular weight is 316 g/mol. The van der Waals surface area contributed by atoms with E-state index in [-0.39, 0.29) is 24.9 Å². The summed E-state index contributed by atoms with van der Waals surface area (Å²) in [5.41, 5.74) is -0.339. The Balaban J connectivity index is 1.73. The number of benzene rings is 1. The lowest BCUT2D eigenvalue weighted by molar-refractivity contribution is -0.122. The summed E-state index contributed by atoms with van der Waals surface area (Å²) in [4.78, 5) is 38.2. The molecule has 1 amide bonds. The number of fused-ring (bicyclic) bond motifs is 1. The van der Waals surface area contributed by atoms with E-state index in [1.54, 1.807) is 24.3 Å². The first-order valence-corrected chi connectivity index (χ1v) is 7.87. The monoisotopic (exact) mass is 316 g/mol. The summed E-state index contributed by atoms with van der Waals surface area (Å²) >= 11 is 0. The predicted octanol–water partition coefficient (Wildman–Crippen LogP) is -0.0519. The molecule has 0 radical (unpaired) electrons. The molecule has 0 bridgehead atoms. The molecular weight excluding hydrogens is 296 g/mol. The molecule has 3 rings (SSSR count). The molecule has 1 aromatic carbocycles. The van der Waals surface area contributed by atoms with Gasteiger partial charge in [-0.05, 0) is 31.5 Å². The summed E-state index contributed by atoms with van der Waals surface area (Å²) in [5.74, 6) is -0.0825. The van der Waals surface area contributed by atoms with Gasteiger partial charge in [-0.15, -0.1) is 0 Å². The van der Waals surface area contributed by atoms with Crippen LogP contribution in [-0.2, 0) is 11.3 Å². The molecule has 3 N–H and O–H groups in total. The van der Waals surface area contributed by atoms with E-state index >= 15 is 0 Å². The lowest BCUT2D eigenvalue weighted by Gasteiger charge is -2.23. The zero-order valence-electron chi connectivity index (χ0n) is 12.8. The van der Waals surface area contributed by atoms with E-state index in [1.165, 1.54) is 4.57 Å². The molecule has 1 aliphatic heterocycles. The third-order valence-corrected chi connectivity index (χ3v) is 4.13. The van der Waals surface area contributed by atoms with Crippen LogP contribution in [0.15, 0.2) is 33.9 Å². The minimum absolute atomic E-state index is 0.0825. The zero-order valence-corrected chi connectivity index (χ0v) is 12.8. The Morgan fingerprint density at radius 3 is 2.91 bits per heavy atom. The minimum Gasteiger partial charge on any atom is -0.352 e. The van der Waals surface area contributed by atoms with Crippen LogP contribution in [0.2, 0.25) is 0 Å². The van der Waals surface area contributed by atoms with Crippen LogP contribution in [0, 0.1) is 0 Å². The van der Waals surface area contributed by atoms with Crippen molar-refractivity contribution in [3.8, 4) is 0 Å². The summed E-state index contributed by atoms with van der Waals surface area (Å²) in [5, 5.41) is 6.67. The van der Waals surface area contributed by atoms with E-state index in [2.05, 4.69) is 15.6 Å². The summed E-state index contributed by atoms with van der Waals surface area (Å²) < 4.78 is 1.44. The highest BCUT2D eigenvalue weighted by Gasteiger charge is 2.15. The van der Waals surface area contributed by atoms with E-state index in [1.807, 2.05) is 0 Å². The van der Waals surface area contributed by atoms with Crippen LogP contribution in [0.4, 0.5) is 0 Å². The lowest BCUT2D eigenvalue weighted by Crippen LogP contribution is -2.46. The number of amides is 1. The molecule has 23 heavy (non-hydrogen) atoms. The molecule has 1 fully saturated rings. The second-order valence-electron chi connectivity index (χ2n) is 5.79. The Labute approximate surface area is 132 Å². The standard InChI is InChI=1S/C16H20N4O3/c21-14(18-11-4-3-8-17-10-11)7-9-20-13-6-2-1-5-12(13)15(22)19-16(20)23/h1-2,5-6,11,17H,3-4,7-10H2,(H,18,21)(H,19,22,23)/t11-/m0/s1. The van der Waals surface area contributed by atoms with Crippen LogP contribution in [0.25, 0.3) is 10.9 Å². The molecule has 2 heterocycles. The van der Waals surface area contributed by atoms with E-state index in [0.717, 1.165) is 25.9 Å². The fourth-order valence-electron chi connectivity index (χ4n) is 2.95. The molecule has 7 heteroatoms. The van der Waals surface area contributed by atoms with Crippen molar-refractivity contribution in [3.05, 3.63) is 45.1 Å². The number of aromatic nitrogens is 2. The molecular formula is C16H20N4O3. The number of rotatable bonds is 4. The molecule has 1 aliphatic rings. The van der Waals surface area contributed by atoms with Gasteiger partial charge in [0.15, 0.2) is 0 Å². The number of hydrogen-bond donors (Lipinski definition) is 3. The molecule has 7 nitrogen and oxygen atoms in total. The number of aryl methyl sites for hydroxylation is 1. The topological polar surface area (TPSA) is 96.0 Å². The third kappa shape index (κ3) is 3.50. The number of aromatic amines is 1. The maximum Gasteiger partial charge on any atom is 0.328 e. The second-order valence-corrected chi connectivity index (χ2v) is 5.79. The fourth-order valence-corrected chi connectivity index (χ4v) is 2.95. The van der Waals surface area contributed by atoms with Gasteiger partial charge in [-0.2, -0.15) is 0 Å².